The molecular formula is C10H15ClN2O2. The molecule has 0 radical (unpaired) electrons. The first-order chi connectivity index (χ1) is 7.24. The highest BCUT2D eigenvalue weighted by Crippen LogP contribution is 2.15. The van der Waals surface area contributed by atoms with Crippen molar-refractivity contribution in [1.29, 1.82) is 0 Å². The van der Waals surface area contributed by atoms with Gasteiger partial charge in [-0.3, -0.25) is 0 Å². The number of anilines is 1. The van der Waals surface area contributed by atoms with E-state index < -0.39 is 0 Å². The van der Waals surface area contributed by atoms with Crippen molar-refractivity contribution < 1.29 is 9.47 Å². The number of hydrogen-bond donors (Lipinski definition) is 1. The maximum atomic E-state index is 5.91. The zero-order chi connectivity index (χ0) is 11.1. The molecule has 0 unspecified atom stereocenters. The molecule has 0 atom stereocenters. The lowest BCUT2D eigenvalue weighted by Crippen LogP contribution is -2.05. The van der Waals surface area contributed by atoms with Crippen molar-refractivity contribution >= 4 is 17.4 Å². The second kappa shape index (κ2) is 6.61. The van der Waals surface area contributed by atoms with Crippen molar-refractivity contribution in [1.82, 2.24) is 4.98 Å². The van der Waals surface area contributed by atoms with Crippen LogP contribution >= 0.6 is 11.6 Å². The molecule has 0 aliphatic heterocycles. The van der Waals surface area contributed by atoms with Crippen LogP contribution in [0.25, 0.3) is 0 Å². The SMILES string of the molecule is CCOCCOCc1nc(N)ccc1Cl. The Labute approximate surface area is 94.3 Å². The Balaban J connectivity index is 2.33. The number of ether oxygens (including phenoxy) is 2. The number of rotatable bonds is 6. The number of nitrogens with zero attached hydrogens (tertiary/aromatic N) is 1. The summed E-state index contributed by atoms with van der Waals surface area (Å²) in [4.78, 5) is 4.07. The summed E-state index contributed by atoms with van der Waals surface area (Å²) in [6, 6.07) is 3.37. The molecular weight excluding hydrogens is 216 g/mol. The van der Waals surface area contributed by atoms with Crippen LogP contribution in [0.2, 0.25) is 5.02 Å². The Kier molecular flexibility index (Phi) is 5.39. The minimum Gasteiger partial charge on any atom is -0.384 e. The van der Waals surface area contributed by atoms with E-state index in [1.165, 1.54) is 0 Å². The third kappa shape index (κ3) is 4.46. The molecule has 0 aliphatic carbocycles. The molecule has 0 saturated carbocycles. The summed E-state index contributed by atoms with van der Waals surface area (Å²) in [5.41, 5.74) is 6.19. The summed E-state index contributed by atoms with van der Waals surface area (Å²) in [6.45, 7) is 4.10. The van der Waals surface area contributed by atoms with Crippen LogP contribution in [-0.2, 0) is 16.1 Å². The zero-order valence-electron chi connectivity index (χ0n) is 8.70. The highest BCUT2D eigenvalue weighted by atomic mass is 35.5. The number of pyridine rings is 1. The van der Waals surface area contributed by atoms with Crippen molar-refractivity contribution in [2.24, 2.45) is 0 Å². The lowest BCUT2D eigenvalue weighted by Gasteiger charge is -2.06. The summed E-state index contributed by atoms with van der Waals surface area (Å²) in [6.07, 6.45) is 0. The van der Waals surface area contributed by atoms with Gasteiger partial charge in [0.25, 0.3) is 0 Å². The quantitative estimate of drug-likeness (QED) is 0.758. The molecule has 15 heavy (non-hydrogen) atoms. The van der Waals surface area contributed by atoms with Crippen molar-refractivity contribution in [2.45, 2.75) is 13.5 Å². The summed E-state index contributed by atoms with van der Waals surface area (Å²) in [5.74, 6) is 0.447. The third-order valence-electron chi connectivity index (χ3n) is 1.76. The lowest BCUT2D eigenvalue weighted by atomic mass is 10.3. The number of nitrogen functional groups attached to an aromatic ring is 1. The molecule has 0 amide bonds. The Bertz CT molecular complexity index is 307. The van der Waals surface area contributed by atoms with Gasteiger partial charge in [-0.05, 0) is 19.1 Å². The van der Waals surface area contributed by atoms with E-state index in [0.717, 1.165) is 0 Å². The number of aromatic nitrogens is 1. The maximum Gasteiger partial charge on any atom is 0.123 e. The molecule has 2 N–H and O–H groups in total. The monoisotopic (exact) mass is 230 g/mol. The summed E-state index contributed by atoms with van der Waals surface area (Å²) < 4.78 is 10.5. The average Bonchev–Trinajstić information content (AvgIpc) is 2.23. The van der Waals surface area contributed by atoms with E-state index in [9.17, 15) is 0 Å². The lowest BCUT2D eigenvalue weighted by molar-refractivity contribution is 0.0442. The molecule has 84 valence electrons. The smallest absolute Gasteiger partial charge is 0.123 e. The van der Waals surface area contributed by atoms with Crippen molar-refractivity contribution in [3.63, 3.8) is 0 Å². The molecule has 0 fully saturated rings. The second-order valence-corrected chi connectivity index (χ2v) is 3.32. The van der Waals surface area contributed by atoms with Gasteiger partial charge in [-0.25, -0.2) is 4.98 Å². The average molecular weight is 231 g/mol. The predicted molar refractivity (Wildman–Crippen MR) is 59.8 cm³/mol. The van der Waals surface area contributed by atoms with Gasteiger partial charge in [0.15, 0.2) is 0 Å². The van der Waals surface area contributed by atoms with E-state index in [-0.39, 0.29) is 0 Å². The molecule has 1 aromatic rings. The minimum atomic E-state index is 0.358. The van der Waals surface area contributed by atoms with Crippen LogP contribution in [0.4, 0.5) is 5.82 Å². The van der Waals surface area contributed by atoms with Gasteiger partial charge in [0, 0.05) is 6.61 Å². The number of nitrogens with two attached hydrogens (primary N) is 1. The fourth-order valence-corrected chi connectivity index (χ4v) is 1.19. The van der Waals surface area contributed by atoms with Gasteiger partial charge in [0.05, 0.1) is 30.5 Å². The first-order valence-corrected chi connectivity index (χ1v) is 5.18. The summed E-state index contributed by atoms with van der Waals surface area (Å²) >= 11 is 5.91. The molecule has 4 nitrogen and oxygen atoms in total. The number of halogens is 1. The summed E-state index contributed by atoms with van der Waals surface area (Å²) in [7, 11) is 0. The predicted octanol–water partition coefficient (Wildman–Crippen LogP) is 1.87. The molecule has 0 spiro atoms. The van der Waals surface area contributed by atoms with Crippen LogP contribution in [0.3, 0.4) is 0 Å². The van der Waals surface area contributed by atoms with Gasteiger partial charge in [-0.15, -0.1) is 0 Å². The van der Waals surface area contributed by atoms with Crippen LogP contribution in [0.1, 0.15) is 12.6 Å². The molecule has 1 heterocycles. The van der Waals surface area contributed by atoms with Gasteiger partial charge >= 0.3 is 0 Å². The van der Waals surface area contributed by atoms with Gasteiger partial charge in [-0.2, -0.15) is 0 Å². The van der Waals surface area contributed by atoms with E-state index in [1.54, 1.807) is 12.1 Å². The van der Waals surface area contributed by atoms with Crippen LogP contribution in [0.15, 0.2) is 12.1 Å². The van der Waals surface area contributed by atoms with E-state index in [4.69, 9.17) is 26.8 Å². The number of hydrogen-bond acceptors (Lipinski definition) is 4. The highest BCUT2D eigenvalue weighted by Gasteiger charge is 2.02. The van der Waals surface area contributed by atoms with Gasteiger partial charge in [0.2, 0.25) is 0 Å². The van der Waals surface area contributed by atoms with Crippen LogP contribution in [-0.4, -0.2) is 24.8 Å². The van der Waals surface area contributed by atoms with Gasteiger partial charge < -0.3 is 15.2 Å². The largest absolute Gasteiger partial charge is 0.384 e. The molecule has 0 bridgehead atoms. The standard InChI is InChI=1S/C10H15ClN2O2/c1-2-14-5-6-15-7-9-8(11)3-4-10(12)13-9/h3-4H,2,5-7H2,1H3,(H2,12,13). The highest BCUT2D eigenvalue weighted by molar-refractivity contribution is 6.31. The third-order valence-corrected chi connectivity index (χ3v) is 2.10. The van der Waals surface area contributed by atoms with Crippen LogP contribution in [0.5, 0.6) is 0 Å². The summed E-state index contributed by atoms with van der Waals surface area (Å²) in [5, 5.41) is 0.570. The van der Waals surface area contributed by atoms with E-state index in [1.807, 2.05) is 6.92 Å². The van der Waals surface area contributed by atoms with Crippen molar-refractivity contribution in [3.05, 3.63) is 22.8 Å². The minimum absolute atomic E-state index is 0.358. The Hall–Kier alpha value is -0.840. The molecule has 0 saturated heterocycles. The molecule has 1 aromatic heterocycles. The molecule has 0 aliphatic rings. The van der Waals surface area contributed by atoms with Crippen molar-refractivity contribution in [3.8, 4) is 0 Å². The fraction of sp³-hybridized carbons (Fsp3) is 0.500. The van der Waals surface area contributed by atoms with E-state index >= 15 is 0 Å². The van der Waals surface area contributed by atoms with E-state index in [0.29, 0.717) is 43.0 Å². The first kappa shape index (κ1) is 12.2. The Morgan fingerprint density at radius 1 is 1.33 bits per heavy atom. The first-order valence-electron chi connectivity index (χ1n) is 4.80. The normalized spacial score (nSPS) is 10.5. The second-order valence-electron chi connectivity index (χ2n) is 2.91. The zero-order valence-corrected chi connectivity index (χ0v) is 9.46. The van der Waals surface area contributed by atoms with E-state index in [2.05, 4.69) is 4.98 Å². The topological polar surface area (TPSA) is 57.4 Å². The van der Waals surface area contributed by atoms with Gasteiger partial charge in [0.1, 0.15) is 5.82 Å². The Morgan fingerprint density at radius 2 is 2.07 bits per heavy atom. The maximum absolute atomic E-state index is 5.91. The van der Waals surface area contributed by atoms with Gasteiger partial charge in [-0.1, -0.05) is 11.6 Å². The van der Waals surface area contributed by atoms with Crippen LogP contribution < -0.4 is 5.73 Å². The molecule has 5 heteroatoms. The van der Waals surface area contributed by atoms with Crippen LogP contribution in [0, 0.1) is 0 Å². The van der Waals surface area contributed by atoms with Crippen molar-refractivity contribution in [2.75, 3.05) is 25.6 Å². The molecule has 1 rings (SSSR count). The fourth-order valence-electron chi connectivity index (χ4n) is 1.03. The Morgan fingerprint density at radius 3 is 2.80 bits per heavy atom. The molecule has 0 aromatic carbocycles.